The fourth-order valence-corrected chi connectivity index (χ4v) is 3.33. The van der Waals surface area contributed by atoms with Crippen LogP contribution in [0.5, 0.6) is 5.75 Å². The molecule has 0 aliphatic heterocycles. The van der Waals surface area contributed by atoms with Crippen molar-refractivity contribution in [3.63, 3.8) is 0 Å². The zero-order valence-corrected chi connectivity index (χ0v) is 15.1. The van der Waals surface area contributed by atoms with E-state index in [1.165, 1.54) is 18.0 Å². The molecule has 2 N–H and O–H groups in total. The van der Waals surface area contributed by atoms with E-state index in [1.54, 1.807) is 25.3 Å². The number of halogens is 1. The Morgan fingerprint density at radius 1 is 0.889 bits per heavy atom. The lowest BCUT2D eigenvalue weighted by Gasteiger charge is -2.12. The predicted molar refractivity (Wildman–Crippen MR) is 104 cm³/mol. The zero-order valence-electron chi connectivity index (χ0n) is 14.3. The maximum absolute atomic E-state index is 13.8. The molecule has 6 nitrogen and oxygen atoms in total. The lowest BCUT2D eigenvalue weighted by molar-refractivity contribution is 0.315. The topological polar surface area (TPSA) is 72.2 Å². The summed E-state index contributed by atoms with van der Waals surface area (Å²) < 4.78 is 27.1. The number of fused-ring (bicyclic) bond motifs is 1. The van der Waals surface area contributed by atoms with Crippen molar-refractivity contribution in [2.75, 3.05) is 17.1 Å². The third kappa shape index (κ3) is 3.52. The van der Waals surface area contributed by atoms with E-state index in [0.717, 1.165) is 16.3 Å². The molecular weight excluding hydrogens is 367 g/mol. The molecule has 1 heterocycles. The van der Waals surface area contributed by atoms with Gasteiger partial charge in [0.1, 0.15) is 11.6 Å². The van der Waals surface area contributed by atoms with Crippen molar-refractivity contribution >= 4 is 40.0 Å². The first-order valence-electron chi connectivity index (χ1n) is 8.09. The minimum absolute atomic E-state index is 0.325. The molecule has 0 atom stereocenters. The molecule has 0 spiro atoms. The van der Waals surface area contributed by atoms with Crippen molar-refractivity contribution in [1.29, 1.82) is 0 Å². The van der Waals surface area contributed by atoms with Crippen molar-refractivity contribution in [2.24, 2.45) is 0 Å². The summed E-state index contributed by atoms with van der Waals surface area (Å²) in [5, 5.41) is 11.3. The van der Waals surface area contributed by atoms with E-state index in [1.807, 2.05) is 36.4 Å². The second-order valence-electron chi connectivity index (χ2n) is 5.58. The molecule has 4 aromatic rings. The molecule has 0 aliphatic carbocycles. The molecule has 0 amide bonds. The SMILES string of the molecule is COc1ccccc1Nc1ccc(SNc2ccccc2F)c2nonc12. The van der Waals surface area contributed by atoms with Crippen molar-refractivity contribution in [2.45, 2.75) is 4.90 Å². The van der Waals surface area contributed by atoms with Gasteiger partial charge in [-0.3, -0.25) is 0 Å². The van der Waals surface area contributed by atoms with Gasteiger partial charge in [-0.15, -0.1) is 0 Å². The van der Waals surface area contributed by atoms with Crippen LogP contribution in [-0.2, 0) is 0 Å². The molecule has 136 valence electrons. The molecule has 0 saturated carbocycles. The van der Waals surface area contributed by atoms with Gasteiger partial charge in [-0.1, -0.05) is 24.3 Å². The first-order chi connectivity index (χ1) is 13.3. The number of ether oxygens (including phenoxy) is 1. The third-order valence-corrected chi connectivity index (χ3v) is 4.77. The molecule has 4 rings (SSSR count). The summed E-state index contributed by atoms with van der Waals surface area (Å²) in [4.78, 5) is 0.764. The number of benzene rings is 3. The fourth-order valence-electron chi connectivity index (χ4n) is 2.57. The Bertz CT molecular complexity index is 1090. The minimum atomic E-state index is -0.325. The number of aromatic nitrogens is 2. The first kappa shape index (κ1) is 17.2. The zero-order chi connectivity index (χ0) is 18.6. The Hall–Kier alpha value is -3.26. The van der Waals surface area contributed by atoms with Gasteiger partial charge in [0.05, 0.1) is 29.1 Å². The summed E-state index contributed by atoms with van der Waals surface area (Å²) in [6.07, 6.45) is 0. The lowest BCUT2D eigenvalue weighted by atomic mass is 10.2. The number of hydrogen-bond donors (Lipinski definition) is 2. The summed E-state index contributed by atoms with van der Waals surface area (Å²) in [5.74, 6) is 0.385. The van der Waals surface area contributed by atoms with Crippen LogP contribution in [0.4, 0.5) is 21.5 Å². The molecule has 0 fully saturated rings. The van der Waals surface area contributed by atoms with Crippen LogP contribution in [0.1, 0.15) is 0 Å². The summed E-state index contributed by atoms with van der Waals surface area (Å²) in [6.45, 7) is 0. The summed E-state index contributed by atoms with van der Waals surface area (Å²) in [6, 6.07) is 17.8. The highest BCUT2D eigenvalue weighted by Crippen LogP contribution is 2.34. The summed E-state index contributed by atoms with van der Waals surface area (Å²) in [5.41, 5.74) is 3.06. The number of methoxy groups -OCH3 is 1. The number of nitrogens with one attached hydrogen (secondary N) is 2. The molecular formula is C19H15FN4O2S. The van der Waals surface area contributed by atoms with Crippen molar-refractivity contribution in [1.82, 2.24) is 10.3 Å². The number of hydrogen-bond acceptors (Lipinski definition) is 7. The van der Waals surface area contributed by atoms with E-state index in [0.29, 0.717) is 22.5 Å². The molecule has 1 aromatic heterocycles. The van der Waals surface area contributed by atoms with E-state index in [2.05, 4.69) is 20.4 Å². The Morgan fingerprint density at radius 3 is 2.44 bits per heavy atom. The standard InChI is InChI=1S/C19H15FN4O2S/c1-25-16-9-5-4-8-14(16)21-15-10-11-17(19-18(15)22-26-23-19)27-24-13-7-3-2-6-12(13)20/h2-11,21,24H,1H3. The Morgan fingerprint density at radius 2 is 1.63 bits per heavy atom. The van der Waals surface area contributed by atoms with Crippen LogP contribution in [0.3, 0.4) is 0 Å². The Labute approximate surface area is 158 Å². The monoisotopic (exact) mass is 382 g/mol. The Kier molecular flexibility index (Phi) is 4.80. The minimum Gasteiger partial charge on any atom is -0.495 e. The van der Waals surface area contributed by atoms with Crippen molar-refractivity contribution < 1.29 is 13.8 Å². The molecule has 0 unspecified atom stereocenters. The highest BCUT2D eigenvalue weighted by atomic mass is 32.2. The van der Waals surface area contributed by atoms with Crippen LogP contribution in [0.15, 0.2) is 70.2 Å². The largest absolute Gasteiger partial charge is 0.495 e. The molecule has 0 saturated heterocycles. The van der Waals surface area contributed by atoms with Gasteiger partial charge in [0.25, 0.3) is 0 Å². The van der Waals surface area contributed by atoms with Crippen LogP contribution in [0.2, 0.25) is 0 Å². The van der Waals surface area contributed by atoms with Crippen LogP contribution in [-0.4, -0.2) is 17.4 Å². The van der Waals surface area contributed by atoms with E-state index in [-0.39, 0.29) is 5.82 Å². The molecule has 8 heteroatoms. The predicted octanol–water partition coefficient (Wildman–Crippen LogP) is 5.23. The van der Waals surface area contributed by atoms with Crippen LogP contribution >= 0.6 is 11.9 Å². The fraction of sp³-hybridized carbons (Fsp3) is 0.0526. The van der Waals surface area contributed by atoms with Crippen LogP contribution in [0.25, 0.3) is 11.0 Å². The van der Waals surface area contributed by atoms with E-state index < -0.39 is 0 Å². The molecule has 27 heavy (non-hydrogen) atoms. The number of para-hydroxylation sites is 3. The number of nitrogens with zero attached hydrogens (tertiary/aromatic N) is 2. The average molecular weight is 382 g/mol. The normalized spacial score (nSPS) is 10.7. The number of rotatable bonds is 6. The number of anilines is 3. The maximum atomic E-state index is 13.8. The van der Waals surface area contributed by atoms with Crippen molar-refractivity contribution in [3.8, 4) is 5.75 Å². The lowest BCUT2D eigenvalue weighted by Crippen LogP contribution is -1.96. The quantitative estimate of drug-likeness (QED) is 0.442. The highest BCUT2D eigenvalue weighted by molar-refractivity contribution is 8.00. The maximum Gasteiger partial charge on any atom is 0.159 e. The van der Waals surface area contributed by atoms with E-state index in [4.69, 9.17) is 9.37 Å². The molecule has 0 aliphatic rings. The third-order valence-electron chi connectivity index (χ3n) is 3.90. The smallest absolute Gasteiger partial charge is 0.159 e. The molecule has 0 radical (unpaired) electrons. The molecule has 3 aromatic carbocycles. The van der Waals surface area contributed by atoms with E-state index >= 15 is 0 Å². The second kappa shape index (κ2) is 7.55. The first-order valence-corrected chi connectivity index (χ1v) is 8.90. The van der Waals surface area contributed by atoms with Gasteiger partial charge in [0.15, 0.2) is 11.0 Å². The average Bonchev–Trinajstić information content (AvgIpc) is 3.19. The van der Waals surface area contributed by atoms with Gasteiger partial charge in [-0.2, -0.15) is 0 Å². The molecule has 0 bridgehead atoms. The van der Waals surface area contributed by atoms with Gasteiger partial charge >= 0.3 is 0 Å². The van der Waals surface area contributed by atoms with E-state index in [9.17, 15) is 4.39 Å². The van der Waals surface area contributed by atoms with Crippen molar-refractivity contribution in [3.05, 3.63) is 66.5 Å². The van der Waals surface area contributed by atoms with Gasteiger partial charge in [-0.25, -0.2) is 9.02 Å². The van der Waals surface area contributed by atoms with Gasteiger partial charge in [-0.05, 0) is 58.7 Å². The summed E-state index contributed by atoms with van der Waals surface area (Å²) in [7, 11) is 1.61. The van der Waals surface area contributed by atoms with Gasteiger partial charge in [0.2, 0.25) is 0 Å². The van der Waals surface area contributed by atoms with Gasteiger partial charge in [0, 0.05) is 0 Å². The van der Waals surface area contributed by atoms with Crippen LogP contribution in [0, 0.1) is 5.82 Å². The summed E-state index contributed by atoms with van der Waals surface area (Å²) >= 11 is 1.24. The highest BCUT2D eigenvalue weighted by Gasteiger charge is 2.14. The Balaban J connectivity index is 1.62. The second-order valence-corrected chi connectivity index (χ2v) is 6.43. The van der Waals surface area contributed by atoms with Crippen LogP contribution < -0.4 is 14.8 Å². The van der Waals surface area contributed by atoms with Gasteiger partial charge < -0.3 is 14.8 Å².